The van der Waals surface area contributed by atoms with Gasteiger partial charge in [0.25, 0.3) is 5.91 Å². The first-order valence-electron chi connectivity index (χ1n) is 11.9. The van der Waals surface area contributed by atoms with Gasteiger partial charge in [0.1, 0.15) is 21.8 Å². The number of halogens is 1. The lowest BCUT2D eigenvalue weighted by Crippen LogP contribution is -2.35. The van der Waals surface area contributed by atoms with Crippen molar-refractivity contribution in [1.82, 2.24) is 14.9 Å². The quantitative estimate of drug-likeness (QED) is 0.314. The number of hydrogen-bond acceptors (Lipinski definition) is 8. The third-order valence-electron chi connectivity index (χ3n) is 6.44. The molecule has 0 spiro atoms. The van der Waals surface area contributed by atoms with Crippen molar-refractivity contribution < 1.29 is 19.1 Å². The Bertz CT molecular complexity index is 1540. The molecule has 4 aromatic rings. The molecule has 0 atom stereocenters. The first-order valence-corrected chi connectivity index (χ1v) is 13.6. The lowest BCUT2D eigenvalue weighted by molar-refractivity contribution is 0.0342. The molecule has 0 radical (unpaired) electrons. The summed E-state index contributed by atoms with van der Waals surface area (Å²) in [5, 5.41) is 6.46. The Morgan fingerprint density at radius 3 is 2.71 bits per heavy atom. The van der Waals surface area contributed by atoms with Crippen LogP contribution in [0.4, 0.5) is 27.7 Å². The number of ether oxygens (including phenoxy) is 2. The molecule has 2 aromatic heterocycles. The summed E-state index contributed by atoms with van der Waals surface area (Å²) >= 11 is 4.68. The van der Waals surface area contributed by atoms with Crippen molar-refractivity contribution in [1.29, 1.82) is 0 Å². The number of anilines is 4. The van der Waals surface area contributed by atoms with Crippen molar-refractivity contribution in [3.63, 3.8) is 0 Å². The minimum absolute atomic E-state index is 0.323. The number of thiophene rings is 1. The maximum absolute atomic E-state index is 13.3. The number of carbonyl (C=O) groups is 2. The summed E-state index contributed by atoms with van der Waals surface area (Å²) in [6, 6.07) is 12.7. The van der Waals surface area contributed by atoms with E-state index in [4.69, 9.17) is 9.47 Å². The lowest BCUT2D eigenvalue weighted by Gasteiger charge is -2.27. The molecular weight excluding hydrogens is 572 g/mol. The Kier molecular flexibility index (Phi) is 6.70. The summed E-state index contributed by atoms with van der Waals surface area (Å²) in [4.78, 5) is 40.1. The number of urea groups is 1. The van der Waals surface area contributed by atoms with Crippen LogP contribution in [0.1, 0.15) is 15.2 Å². The zero-order chi connectivity index (χ0) is 26.2. The van der Waals surface area contributed by atoms with E-state index in [1.54, 1.807) is 25.3 Å². The fraction of sp³-hybridized carbons (Fsp3) is 0.231. The average Bonchev–Trinajstić information content (AvgIpc) is 3.30. The van der Waals surface area contributed by atoms with Gasteiger partial charge in [-0.05, 0) is 51.8 Å². The Balaban J connectivity index is 1.26. The van der Waals surface area contributed by atoms with Crippen LogP contribution >= 0.6 is 27.3 Å². The van der Waals surface area contributed by atoms with Crippen molar-refractivity contribution in [3.8, 4) is 5.75 Å². The molecule has 0 bridgehead atoms. The smallest absolute Gasteiger partial charge is 0.332 e. The van der Waals surface area contributed by atoms with E-state index in [9.17, 15) is 9.59 Å². The van der Waals surface area contributed by atoms with Crippen LogP contribution in [0.2, 0.25) is 0 Å². The van der Waals surface area contributed by atoms with Crippen LogP contribution in [0, 0.1) is 0 Å². The predicted octanol–water partition coefficient (Wildman–Crippen LogP) is 5.23. The van der Waals surface area contributed by atoms with Crippen LogP contribution < -0.4 is 20.3 Å². The van der Waals surface area contributed by atoms with Gasteiger partial charge in [0, 0.05) is 25.3 Å². The molecule has 4 heterocycles. The highest BCUT2D eigenvalue weighted by Crippen LogP contribution is 2.45. The topological polar surface area (TPSA) is 109 Å². The first kappa shape index (κ1) is 24.7. The van der Waals surface area contributed by atoms with Crippen LogP contribution in [0.3, 0.4) is 0 Å². The maximum atomic E-state index is 13.3. The van der Waals surface area contributed by atoms with E-state index in [-0.39, 0.29) is 5.91 Å². The molecular formula is C26H23BrN6O4S. The van der Waals surface area contributed by atoms with E-state index in [1.807, 2.05) is 24.3 Å². The van der Waals surface area contributed by atoms with Gasteiger partial charge in [-0.1, -0.05) is 12.1 Å². The second-order valence-electron chi connectivity index (χ2n) is 8.81. The van der Waals surface area contributed by atoms with E-state index in [0.29, 0.717) is 48.2 Å². The predicted molar refractivity (Wildman–Crippen MR) is 150 cm³/mol. The highest BCUT2D eigenvalue weighted by molar-refractivity contribution is 9.10. The summed E-state index contributed by atoms with van der Waals surface area (Å²) in [5.74, 6) is 0.729. The molecule has 2 N–H and O–H groups in total. The van der Waals surface area contributed by atoms with Gasteiger partial charge >= 0.3 is 6.03 Å². The van der Waals surface area contributed by atoms with Crippen molar-refractivity contribution in [2.45, 2.75) is 6.54 Å². The number of morpholine rings is 1. The zero-order valence-electron chi connectivity index (χ0n) is 20.4. The van der Waals surface area contributed by atoms with Crippen LogP contribution in [0.15, 0.2) is 53.3 Å². The summed E-state index contributed by atoms with van der Waals surface area (Å²) in [5.41, 5.74) is 2.84. The van der Waals surface area contributed by atoms with Gasteiger partial charge in [0.2, 0.25) is 0 Å². The highest BCUT2D eigenvalue weighted by Gasteiger charge is 2.34. The molecule has 0 unspecified atom stereocenters. The molecule has 1 fully saturated rings. The summed E-state index contributed by atoms with van der Waals surface area (Å²) in [7, 11) is 1.57. The number of aromatic nitrogens is 2. The van der Waals surface area contributed by atoms with Crippen molar-refractivity contribution in [2.24, 2.45) is 0 Å². The minimum Gasteiger partial charge on any atom is -0.496 e. The third-order valence-corrected chi connectivity index (χ3v) is 8.15. The van der Waals surface area contributed by atoms with Crippen LogP contribution in [-0.2, 0) is 11.3 Å². The van der Waals surface area contributed by atoms with Gasteiger partial charge < -0.3 is 20.1 Å². The van der Waals surface area contributed by atoms with Crippen molar-refractivity contribution in [3.05, 3.63) is 63.7 Å². The molecule has 2 aromatic carbocycles. The molecule has 1 saturated heterocycles. The third kappa shape index (κ3) is 4.60. The van der Waals surface area contributed by atoms with Gasteiger partial charge in [-0.25, -0.2) is 19.7 Å². The Morgan fingerprint density at radius 2 is 1.97 bits per heavy atom. The second-order valence-corrected chi connectivity index (χ2v) is 10.7. The Hall–Kier alpha value is -3.58. The van der Waals surface area contributed by atoms with Crippen molar-refractivity contribution in [2.75, 3.05) is 48.9 Å². The molecule has 10 nitrogen and oxygen atoms in total. The van der Waals surface area contributed by atoms with Gasteiger partial charge in [-0.15, -0.1) is 11.3 Å². The van der Waals surface area contributed by atoms with Gasteiger partial charge in [0.05, 0.1) is 41.6 Å². The van der Waals surface area contributed by atoms with E-state index >= 15 is 0 Å². The van der Waals surface area contributed by atoms with Gasteiger partial charge in [-0.2, -0.15) is 0 Å². The zero-order valence-corrected chi connectivity index (χ0v) is 22.8. The second kappa shape index (κ2) is 10.3. The normalized spacial score (nSPS) is 15.4. The molecule has 2 aliphatic rings. The molecule has 12 heteroatoms. The van der Waals surface area contributed by atoms with Crippen LogP contribution in [-0.4, -0.2) is 60.2 Å². The van der Waals surface area contributed by atoms with Gasteiger partial charge in [-0.3, -0.25) is 9.69 Å². The first-order chi connectivity index (χ1) is 18.5. The molecule has 0 aliphatic carbocycles. The monoisotopic (exact) mass is 594 g/mol. The van der Waals surface area contributed by atoms with Crippen LogP contribution in [0.5, 0.6) is 5.75 Å². The van der Waals surface area contributed by atoms with Crippen molar-refractivity contribution >= 4 is 72.3 Å². The van der Waals surface area contributed by atoms with E-state index < -0.39 is 6.03 Å². The lowest BCUT2D eigenvalue weighted by atomic mass is 10.1. The maximum Gasteiger partial charge on any atom is 0.332 e. The minimum atomic E-state index is -0.422. The number of nitrogens with zero attached hydrogens (tertiary/aromatic N) is 4. The number of carbonyl (C=O) groups excluding carboxylic acids is 2. The van der Waals surface area contributed by atoms with E-state index in [0.717, 1.165) is 32.8 Å². The highest BCUT2D eigenvalue weighted by atomic mass is 79.9. The van der Waals surface area contributed by atoms with E-state index in [1.165, 1.54) is 28.1 Å². The fourth-order valence-corrected chi connectivity index (χ4v) is 6.07. The summed E-state index contributed by atoms with van der Waals surface area (Å²) in [6.07, 6.45) is 1.40. The molecule has 2 aliphatic heterocycles. The molecule has 0 saturated carbocycles. The van der Waals surface area contributed by atoms with E-state index in [2.05, 4.69) is 41.4 Å². The number of rotatable bonds is 6. The Labute approximate surface area is 230 Å². The number of methoxy groups -OCH3 is 1. The van der Waals surface area contributed by atoms with Gasteiger partial charge in [0.15, 0.2) is 5.82 Å². The number of hydrogen-bond donors (Lipinski definition) is 2. The average molecular weight is 595 g/mol. The largest absolute Gasteiger partial charge is 0.496 e. The Morgan fingerprint density at radius 1 is 1.18 bits per heavy atom. The van der Waals surface area contributed by atoms with Crippen LogP contribution in [0.25, 0.3) is 10.2 Å². The molecule has 38 heavy (non-hydrogen) atoms. The fourth-order valence-electron chi connectivity index (χ4n) is 4.56. The number of nitrogens with one attached hydrogen (secondary N) is 2. The SMILES string of the molecule is COc1ccc(N2C(=O)Nc3c(C(=O)Nc4ccc(CN5CCOCC5)cc4)sc4ncnc2c34)cc1Br. The molecule has 6 rings (SSSR count). The molecule has 3 amide bonds. The summed E-state index contributed by atoms with van der Waals surface area (Å²) in [6.45, 7) is 4.17. The number of benzene rings is 2. The standard InChI is InChI=1S/C26H23BrN6O4S/c1-36-19-7-6-17(12-18(19)27)33-23-20-21(31-26(33)35)22(38-25(20)29-14-28-23)24(34)30-16-4-2-15(3-5-16)13-32-8-10-37-11-9-32/h2-7,12,14H,8-11,13H2,1H3,(H,30,34)(H,31,35). The number of amides is 3. The summed E-state index contributed by atoms with van der Waals surface area (Å²) < 4.78 is 11.4. The molecule has 194 valence electrons.